The molecule has 0 aromatic heterocycles. The third-order valence-corrected chi connectivity index (χ3v) is 1.72. The molecule has 4 heteroatoms. The smallest absolute Gasteiger partial charge is 0.106 e. The van der Waals surface area contributed by atoms with Crippen molar-refractivity contribution >= 4 is 18.1 Å². The Labute approximate surface area is 79.3 Å². The maximum atomic E-state index is 4.68. The Morgan fingerprint density at radius 1 is 1.67 bits per heavy atom. The molecule has 0 radical (unpaired) electrons. The van der Waals surface area contributed by atoms with Crippen LogP contribution in [0.1, 0.15) is 13.3 Å². The van der Waals surface area contributed by atoms with Gasteiger partial charge in [0.25, 0.3) is 0 Å². The van der Waals surface area contributed by atoms with Crippen molar-refractivity contribution in [3.8, 4) is 0 Å². The molecule has 0 fully saturated rings. The summed E-state index contributed by atoms with van der Waals surface area (Å²) in [5, 5.41) is 7.13. The first-order valence-corrected chi connectivity index (χ1v) is 3.82. The molecule has 0 amide bonds. The Hall–Kier alpha value is -0.540. The van der Waals surface area contributed by atoms with E-state index in [-0.39, 0.29) is 12.4 Å². The fourth-order valence-electron chi connectivity index (χ4n) is 1.11. The van der Waals surface area contributed by atoms with Crippen molar-refractivity contribution in [3.63, 3.8) is 0 Å². The van der Waals surface area contributed by atoms with Gasteiger partial charge in [0, 0.05) is 6.54 Å². The van der Waals surface area contributed by atoms with Gasteiger partial charge >= 0.3 is 0 Å². The topological polar surface area (TPSA) is 33.6 Å². The SMILES string of the molecule is CO/N=C(\C)C1=CCCNC1.Cl. The molecule has 3 nitrogen and oxygen atoms in total. The first-order valence-electron chi connectivity index (χ1n) is 3.82. The van der Waals surface area contributed by atoms with Crippen molar-refractivity contribution in [1.82, 2.24) is 5.32 Å². The Bertz CT molecular complexity index is 189. The standard InChI is InChI=1S/C8H14N2O.ClH/c1-7(10-11-2)8-4-3-5-9-6-8;/h4,9H,3,5-6H2,1-2H3;1H/b10-7+;. The summed E-state index contributed by atoms with van der Waals surface area (Å²) in [7, 11) is 1.57. The van der Waals surface area contributed by atoms with E-state index in [4.69, 9.17) is 0 Å². The van der Waals surface area contributed by atoms with Crippen LogP contribution in [0.4, 0.5) is 0 Å². The van der Waals surface area contributed by atoms with E-state index in [9.17, 15) is 0 Å². The fraction of sp³-hybridized carbons (Fsp3) is 0.625. The molecule has 0 spiro atoms. The molecular weight excluding hydrogens is 176 g/mol. The molecule has 0 aliphatic carbocycles. The normalized spacial score (nSPS) is 17.8. The van der Waals surface area contributed by atoms with Gasteiger partial charge in [0.1, 0.15) is 7.11 Å². The fourth-order valence-corrected chi connectivity index (χ4v) is 1.11. The highest BCUT2D eigenvalue weighted by molar-refractivity contribution is 5.98. The Kier molecular flexibility index (Phi) is 5.76. The van der Waals surface area contributed by atoms with Crippen molar-refractivity contribution in [1.29, 1.82) is 0 Å². The van der Waals surface area contributed by atoms with Crippen LogP contribution in [0.25, 0.3) is 0 Å². The van der Waals surface area contributed by atoms with Gasteiger partial charge in [0.05, 0.1) is 5.71 Å². The number of hydrogen-bond donors (Lipinski definition) is 1. The minimum Gasteiger partial charge on any atom is -0.399 e. The molecule has 0 atom stereocenters. The van der Waals surface area contributed by atoms with Crippen molar-refractivity contribution in [2.24, 2.45) is 5.16 Å². The average molecular weight is 191 g/mol. The summed E-state index contributed by atoms with van der Waals surface area (Å²) in [6.07, 6.45) is 3.29. The van der Waals surface area contributed by atoms with Crippen molar-refractivity contribution in [2.75, 3.05) is 20.2 Å². The van der Waals surface area contributed by atoms with Gasteiger partial charge in [0.2, 0.25) is 0 Å². The second-order valence-corrected chi connectivity index (χ2v) is 2.55. The van der Waals surface area contributed by atoms with Crippen molar-refractivity contribution in [3.05, 3.63) is 11.6 Å². The van der Waals surface area contributed by atoms with E-state index >= 15 is 0 Å². The summed E-state index contributed by atoms with van der Waals surface area (Å²) < 4.78 is 0. The van der Waals surface area contributed by atoms with E-state index in [2.05, 4.69) is 21.4 Å². The van der Waals surface area contributed by atoms with Crippen LogP contribution in [0.2, 0.25) is 0 Å². The molecule has 12 heavy (non-hydrogen) atoms. The summed E-state index contributed by atoms with van der Waals surface area (Å²) in [5.41, 5.74) is 2.22. The van der Waals surface area contributed by atoms with E-state index in [0.29, 0.717) is 0 Å². The lowest BCUT2D eigenvalue weighted by Gasteiger charge is -2.12. The van der Waals surface area contributed by atoms with Gasteiger partial charge in [-0.3, -0.25) is 0 Å². The van der Waals surface area contributed by atoms with Crippen LogP contribution in [0.5, 0.6) is 0 Å². The molecule has 0 saturated carbocycles. The molecule has 0 bridgehead atoms. The predicted octanol–water partition coefficient (Wildman–Crippen LogP) is 1.35. The number of rotatable bonds is 2. The van der Waals surface area contributed by atoms with E-state index in [1.165, 1.54) is 5.57 Å². The quantitative estimate of drug-likeness (QED) is 0.527. The molecule has 1 aliphatic heterocycles. The molecule has 0 aromatic rings. The van der Waals surface area contributed by atoms with Crippen LogP contribution < -0.4 is 5.32 Å². The molecule has 0 aromatic carbocycles. The lowest BCUT2D eigenvalue weighted by Crippen LogP contribution is -2.25. The van der Waals surface area contributed by atoms with Crippen LogP contribution >= 0.6 is 12.4 Å². The molecule has 0 unspecified atom stereocenters. The van der Waals surface area contributed by atoms with E-state index < -0.39 is 0 Å². The van der Waals surface area contributed by atoms with Crippen LogP contribution in [0.15, 0.2) is 16.8 Å². The first-order chi connectivity index (χ1) is 5.34. The Morgan fingerprint density at radius 2 is 2.42 bits per heavy atom. The van der Waals surface area contributed by atoms with Gasteiger partial charge < -0.3 is 10.2 Å². The highest BCUT2D eigenvalue weighted by atomic mass is 35.5. The van der Waals surface area contributed by atoms with Crippen LogP contribution in [0, 0.1) is 0 Å². The molecule has 1 rings (SSSR count). The van der Waals surface area contributed by atoms with Gasteiger partial charge in [-0.25, -0.2) is 0 Å². The van der Waals surface area contributed by atoms with Gasteiger partial charge in [0.15, 0.2) is 0 Å². The second kappa shape index (κ2) is 6.03. The Balaban J connectivity index is 0.00000121. The number of oxime groups is 1. The monoisotopic (exact) mass is 190 g/mol. The zero-order valence-electron chi connectivity index (χ0n) is 7.46. The molecule has 0 saturated heterocycles. The first kappa shape index (κ1) is 11.5. The van der Waals surface area contributed by atoms with Gasteiger partial charge in [-0.1, -0.05) is 11.2 Å². The van der Waals surface area contributed by atoms with E-state index in [1.807, 2.05) is 6.92 Å². The highest BCUT2D eigenvalue weighted by Crippen LogP contribution is 2.03. The van der Waals surface area contributed by atoms with E-state index in [0.717, 1.165) is 25.2 Å². The van der Waals surface area contributed by atoms with Crippen LogP contribution in [0.3, 0.4) is 0 Å². The number of halogens is 1. The molecule has 1 heterocycles. The van der Waals surface area contributed by atoms with Crippen LogP contribution in [-0.4, -0.2) is 25.9 Å². The summed E-state index contributed by atoms with van der Waals surface area (Å²) in [4.78, 5) is 4.68. The summed E-state index contributed by atoms with van der Waals surface area (Å²) in [5.74, 6) is 0. The average Bonchev–Trinajstić information content (AvgIpc) is 2.07. The minimum atomic E-state index is 0. The third kappa shape index (κ3) is 3.24. The zero-order valence-corrected chi connectivity index (χ0v) is 8.28. The van der Waals surface area contributed by atoms with E-state index in [1.54, 1.807) is 7.11 Å². The van der Waals surface area contributed by atoms with Gasteiger partial charge in [-0.2, -0.15) is 0 Å². The van der Waals surface area contributed by atoms with Crippen LogP contribution in [-0.2, 0) is 4.84 Å². The maximum Gasteiger partial charge on any atom is 0.106 e. The minimum absolute atomic E-state index is 0. The highest BCUT2D eigenvalue weighted by Gasteiger charge is 2.05. The summed E-state index contributed by atoms with van der Waals surface area (Å²) in [6.45, 7) is 3.95. The Morgan fingerprint density at radius 3 is 2.92 bits per heavy atom. The van der Waals surface area contributed by atoms with Crippen molar-refractivity contribution in [2.45, 2.75) is 13.3 Å². The molecule has 70 valence electrons. The molecular formula is C8H15ClN2O. The van der Waals surface area contributed by atoms with Gasteiger partial charge in [-0.15, -0.1) is 12.4 Å². The largest absolute Gasteiger partial charge is 0.399 e. The lowest BCUT2D eigenvalue weighted by molar-refractivity contribution is 0.213. The lowest BCUT2D eigenvalue weighted by atomic mass is 10.1. The third-order valence-electron chi connectivity index (χ3n) is 1.72. The summed E-state index contributed by atoms with van der Waals surface area (Å²) in [6, 6.07) is 0. The molecule has 1 aliphatic rings. The van der Waals surface area contributed by atoms with Gasteiger partial charge in [-0.05, 0) is 25.5 Å². The zero-order chi connectivity index (χ0) is 8.10. The van der Waals surface area contributed by atoms with Crippen molar-refractivity contribution < 1.29 is 4.84 Å². The maximum absolute atomic E-state index is 4.68. The predicted molar refractivity (Wildman–Crippen MR) is 52.9 cm³/mol. The summed E-state index contributed by atoms with van der Waals surface area (Å²) >= 11 is 0. The molecule has 1 N–H and O–H groups in total. The second-order valence-electron chi connectivity index (χ2n) is 2.55. The number of nitrogens with one attached hydrogen (secondary N) is 1. The number of nitrogens with zero attached hydrogens (tertiary/aromatic N) is 1. The number of hydrogen-bond acceptors (Lipinski definition) is 3.